The Hall–Kier alpha value is -3.24. The molecule has 3 aromatic rings. The maximum Gasteiger partial charge on any atom is 0.322 e. The second-order valence-corrected chi connectivity index (χ2v) is 10.1. The lowest BCUT2D eigenvalue weighted by atomic mass is 9.87. The number of carbonyl (C=O) groups excluding carboxylic acids is 2. The van der Waals surface area contributed by atoms with Gasteiger partial charge in [0.2, 0.25) is 10.0 Å². The van der Waals surface area contributed by atoms with E-state index in [1.807, 2.05) is 30.3 Å². The number of furan rings is 1. The summed E-state index contributed by atoms with van der Waals surface area (Å²) in [6.07, 6.45) is 3.15. The second-order valence-electron chi connectivity index (χ2n) is 8.31. The van der Waals surface area contributed by atoms with Gasteiger partial charge < -0.3 is 9.73 Å². The number of benzene rings is 1. The third-order valence-corrected chi connectivity index (χ3v) is 7.72. The first-order chi connectivity index (χ1) is 15.3. The number of carbonyl (C=O) groups is 2. The molecule has 3 N–H and O–H groups in total. The van der Waals surface area contributed by atoms with Gasteiger partial charge in [0.25, 0.3) is 5.91 Å². The topological polar surface area (TPSA) is 130 Å². The normalized spacial score (nSPS) is 23.1. The zero-order valence-electron chi connectivity index (χ0n) is 17.3. The molecule has 0 bridgehead atoms. The number of para-hydroxylation sites is 1. The highest BCUT2D eigenvalue weighted by molar-refractivity contribution is 7.89. The van der Waals surface area contributed by atoms with Crippen molar-refractivity contribution in [2.75, 3.05) is 6.54 Å². The summed E-state index contributed by atoms with van der Waals surface area (Å²) in [4.78, 5) is 28.3. The third kappa shape index (κ3) is 3.35. The maximum atomic E-state index is 12.9. The van der Waals surface area contributed by atoms with Gasteiger partial charge in [0.05, 0.1) is 0 Å². The fourth-order valence-electron chi connectivity index (χ4n) is 4.67. The molecule has 166 valence electrons. The second kappa shape index (κ2) is 7.42. The van der Waals surface area contributed by atoms with Gasteiger partial charge in [-0.05, 0) is 43.5 Å². The number of pyridine rings is 1. The van der Waals surface area contributed by atoms with Crippen molar-refractivity contribution < 1.29 is 22.4 Å². The average molecular weight is 455 g/mol. The number of aryl methyl sites for hydroxylation is 1. The van der Waals surface area contributed by atoms with Crippen LogP contribution in [-0.2, 0) is 14.8 Å². The van der Waals surface area contributed by atoms with Crippen LogP contribution in [-0.4, -0.2) is 37.4 Å². The summed E-state index contributed by atoms with van der Waals surface area (Å²) >= 11 is 0. The molecule has 5 rings (SSSR count). The van der Waals surface area contributed by atoms with Crippen LogP contribution in [0.1, 0.15) is 24.8 Å². The molecule has 2 unspecified atom stereocenters. The van der Waals surface area contributed by atoms with E-state index in [0.29, 0.717) is 29.9 Å². The Balaban J connectivity index is 1.35. The van der Waals surface area contributed by atoms with E-state index < -0.39 is 27.5 Å². The zero-order valence-corrected chi connectivity index (χ0v) is 18.2. The van der Waals surface area contributed by atoms with Crippen LogP contribution < -0.4 is 15.4 Å². The van der Waals surface area contributed by atoms with Gasteiger partial charge in [-0.3, -0.25) is 15.1 Å². The Kier molecular flexibility index (Phi) is 4.79. The highest BCUT2D eigenvalue weighted by Gasteiger charge is 2.54. The average Bonchev–Trinajstić information content (AvgIpc) is 3.43. The van der Waals surface area contributed by atoms with Crippen molar-refractivity contribution in [1.29, 1.82) is 0 Å². The number of aromatic nitrogens is 1. The van der Waals surface area contributed by atoms with Crippen molar-refractivity contribution >= 4 is 32.9 Å². The summed E-state index contributed by atoms with van der Waals surface area (Å²) < 4.78 is 34.3. The van der Waals surface area contributed by atoms with Crippen molar-refractivity contribution in [3.05, 3.63) is 48.2 Å². The molecule has 1 aliphatic carbocycles. The highest BCUT2D eigenvalue weighted by atomic mass is 32.2. The van der Waals surface area contributed by atoms with Gasteiger partial charge in [0.1, 0.15) is 21.7 Å². The van der Waals surface area contributed by atoms with E-state index in [9.17, 15) is 18.0 Å². The number of imide groups is 1. The van der Waals surface area contributed by atoms with Crippen molar-refractivity contribution in [2.24, 2.45) is 5.92 Å². The van der Waals surface area contributed by atoms with Crippen LogP contribution in [0.25, 0.3) is 22.4 Å². The summed E-state index contributed by atoms with van der Waals surface area (Å²) in [6.45, 7) is 1.82. The molecular weight excluding hydrogens is 432 g/mol. The van der Waals surface area contributed by atoms with Crippen molar-refractivity contribution in [2.45, 2.75) is 36.6 Å². The molecule has 1 saturated carbocycles. The Labute approximate surface area is 184 Å². The molecule has 2 fully saturated rings. The van der Waals surface area contributed by atoms with Crippen LogP contribution in [0.3, 0.4) is 0 Å². The minimum absolute atomic E-state index is 0.0295. The van der Waals surface area contributed by atoms with Gasteiger partial charge in [-0.25, -0.2) is 17.9 Å². The lowest BCUT2D eigenvalue weighted by Gasteiger charge is -2.28. The Bertz CT molecular complexity index is 1320. The SMILES string of the molecule is Cc1cc(S(=O)(=O)NCC2CCCC23NC(=O)NC3=O)cnc1-c1cc2ccccc2o1. The number of nitrogens with zero attached hydrogens (tertiary/aromatic N) is 1. The summed E-state index contributed by atoms with van der Waals surface area (Å²) in [7, 11) is -3.86. The fourth-order valence-corrected chi connectivity index (χ4v) is 5.78. The van der Waals surface area contributed by atoms with Gasteiger partial charge in [0, 0.05) is 24.0 Å². The number of rotatable bonds is 5. The monoisotopic (exact) mass is 454 g/mol. The molecule has 10 heteroatoms. The number of hydrogen-bond acceptors (Lipinski definition) is 6. The standard InChI is InChI=1S/C22H22N4O5S/c1-13-9-16(12-23-19(13)18-10-14-5-2-3-7-17(14)31-18)32(29,30)24-11-15-6-4-8-22(15)20(27)25-21(28)26-22/h2-3,5,7,9-10,12,15,24H,4,6,8,11H2,1H3,(H2,25,26,27,28). The number of fused-ring (bicyclic) bond motifs is 1. The maximum absolute atomic E-state index is 12.9. The molecule has 3 heterocycles. The van der Waals surface area contributed by atoms with Crippen molar-refractivity contribution in [3.8, 4) is 11.5 Å². The number of hydrogen-bond donors (Lipinski definition) is 3. The van der Waals surface area contributed by atoms with E-state index in [0.717, 1.165) is 17.4 Å². The Morgan fingerprint density at radius 2 is 2.06 bits per heavy atom. The van der Waals surface area contributed by atoms with Gasteiger partial charge in [-0.2, -0.15) is 0 Å². The van der Waals surface area contributed by atoms with Crippen LogP contribution in [0, 0.1) is 12.8 Å². The van der Waals surface area contributed by atoms with E-state index in [-0.39, 0.29) is 17.4 Å². The summed E-state index contributed by atoms with van der Waals surface area (Å²) in [6, 6.07) is 10.5. The van der Waals surface area contributed by atoms with Crippen LogP contribution in [0.4, 0.5) is 4.79 Å². The van der Waals surface area contributed by atoms with E-state index in [1.165, 1.54) is 6.20 Å². The summed E-state index contributed by atoms with van der Waals surface area (Å²) in [5.74, 6) is -0.152. The summed E-state index contributed by atoms with van der Waals surface area (Å²) in [5, 5.41) is 5.90. The minimum Gasteiger partial charge on any atom is -0.454 e. The molecule has 1 aliphatic heterocycles. The van der Waals surface area contributed by atoms with Crippen LogP contribution in [0.5, 0.6) is 0 Å². The van der Waals surface area contributed by atoms with Crippen LogP contribution in [0.15, 0.2) is 51.9 Å². The zero-order chi connectivity index (χ0) is 22.5. The fraction of sp³-hybridized carbons (Fsp3) is 0.318. The molecule has 9 nitrogen and oxygen atoms in total. The first kappa shape index (κ1) is 20.7. The minimum atomic E-state index is -3.86. The van der Waals surface area contributed by atoms with Gasteiger partial charge in [0.15, 0.2) is 5.76 Å². The molecule has 32 heavy (non-hydrogen) atoms. The Morgan fingerprint density at radius 3 is 2.78 bits per heavy atom. The van der Waals surface area contributed by atoms with E-state index >= 15 is 0 Å². The summed E-state index contributed by atoms with van der Waals surface area (Å²) in [5.41, 5.74) is 0.918. The quantitative estimate of drug-likeness (QED) is 0.508. The molecule has 2 aliphatic rings. The first-order valence-corrected chi connectivity index (χ1v) is 11.9. The largest absolute Gasteiger partial charge is 0.454 e. The number of nitrogens with one attached hydrogen (secondary N) is 3. The molecule has 2 atom stereocenters. The molecule has 3 amide bonds. The smallest absolute Gasteiger partial charge is 0.322 e. The van der Waals surface area contributed by atoms with Crippen LogP contribution in [0.2, 0.25) is 0 Å². The van der Waals surface area contributed by atoms with E-state index in [4.69, 9.17) is 4.42 Å². The number of sulfonamides is 1. The molecule has 0 radical (unpaired) electrons. The lowest BCUT2D eigenvalue weighted by Crippen LogP contribution is -2.53. The van der Waals surface area contributed by atoms with Gasteiger partial charge in [-0.15, -0.1) is 0 Å². The molecule has 2 aromatic heterocycles. The van der Waals surface area contributed by atoms with Gasteiger partial charge >= 0.3 is 6.03 Å². The van der Waals surface area contributed by atoms with Crippen LogP contribution >= 0.6 is 0 Å². The first-order valence-electron chi connectivity index (χ1n) is 10.4. The lowest BCUT2D eigenvalue weighted by molar-refractivity contribution is -0.125. The molecular formula is C22H22N4O5S. The predicted molar refractivity (Wildman–Crippen MR) is 116 cm³/mol. The van der Waals surface area contributed by atoms with Crippen molar-refractivity contribution in [1.82, 2.24) is 20.3 Å². The highest BCUT2D eigenvalue weighted by Crippen LogP contribution is 2.38. The van der Waals surface area contributed by atoms with E-state index in [1.54, 1.807) is 13.0 Å². The van der Waals surface area contributed by atoms with Crippen molar-refractivity contribution in [3.63, 3.8) is 0 Å². The van der Waals surface area contributed by atoms with Gasteiger partial charge in [-0.1, -0.05) is 24.6 Å². The number of amides is 3. The molecule has 1 saturated heterocycles. The Morgan fingerprint density at radius 1 is 1.25 bits per heavy atom. The van der Waals surface area contributed by atoms with E-state index in [2.05, 4.69) is 20.3 Å². The predicted octanol–water partition coefficient (Wildman–Crippen LogP) is 2.46. The molecule has 1 aromatic carbocycles. The third-order valence-electron chi connectivity index (χ3n) is 6.33. The number of urea groups is 1. The molecule has 1 spiro atoms.